The predicted octanol–water partition coefficient (Wildman–Crippen LogP) is 2.57. The minimum atomic E-state index is -3.78. The summed E-state index contributed by atoms with van der Waals surface area (Å²) in [6.45, 7) is 3.35. The number of carbonyl (C=O) groups excluding carboxylic acids is 1. The maximum atomic E-state index is 14.0. The van der Waals surface area contributed by atoms with Crippen molar-refractivity contribution >= 4 is 21.6 Å². The molecular weight excluding hydrogens is 510 g/mol. The molecule has 4 N–H and O–H groups in total. The van der Waals surface area contributed by atoms with Crippen LogP contribution in [0.15, 0.2) is 84.9 Å². The molecule has 2 heterocycles. The van der Waals surface area contributed by atoms with Crippen molar-refractivity contribution in [1.29, 1.82) is 0 Å². The number of hydrogen-bond acceptors (Lipinski definition) is 6. The van der Waals surface area contributed by atoms with Crippen molar-refractivity contribution < 1.29 is 13.2 Å². The largest absolute Gasteiger partial charge is 0.321 e. The lowest BCUT2D eigenvalue weighted by molar-refractivity contribution is -0.126. The average Bonchev–Trinajstić information content (AvgIpc) is 3.22. The van der Waals surface area contributed by atoms with Gasteiger partial charge in [-0.15, -0.1) is 0 Å². The molecular formula is C30H38N5O3S+. The van der Waals surface area contributed by atoms with Crippen molar-refractivity contribution in [2.75, 3.05) is 32.4 Å². The Kier molecular flexibility index (Phi) is 8.16. The third-order valence-corrected chi connectivity index (χ3v) is 9.59. The number of carbonyl (C=O) groups is 1. The first-order valence-corrected chi connectivity index (χ1v) is 15.4. The number of hydrogen-bond donors (Lipinski definition) is 4. The molecule has 2 aliphatic heterocycles. The Hall–Kier alpha value is -3.08. The highest BCUT2D eigenvalue weighted by Crippen LogP contribution is 2.50. The van der Waals surface area contributed by atoms with E-state index in [4.69, 9.17) is 0 Å². The lowest BCUT2D eigenvalue weighted by atomic mass is 9.75. The van der Waals surface area contributed by atoms with E-state index in [0.29, 0.717) is 31.9 Å². The summed E-state index contributed by atoms with van der Waals surface area (Å²) in [6, 6.07) is 26.9. The van der Waals surface area contributed by atoms with E-state index >= 15 is 0 Å². The van der Waals surface area contributed by atoms with E-state index in [0.717, 1.165) is 42.6 Å². The molecule has 9 heteroatoms. The average molecular weight is 549 g/mol. The zero-order chi connectivity index (χ0) is 27.3. The van der Waals surface area contributed by atoms with Crippen LogP contribution in [0.2, 0.25) is 0 Å². The maximum Gasteiger partial charge on any atom is 0.321 e. The van der Waals surface area contributed by atoms with Gasteiger partial charge in [-0.05, 0) is 37.1 Å². The summed E-state index contributed by atoms with van der Waals surface area (Å²) >= 11 is 0. The van der Waals surface area contributed by atoms with E-state index in [2.05, 4.69) is 21.4 Å². The number of nitrogens with zero attached hydrogens (tertiary/aromatic N) is 1. The van der Waals surface area contributed by atoms with Crippen LogP contribution in [0, 0.1) is 0 Å². The van der Waals surface area contributed by atoms with Crippen LogP contribution in [0.5, 0.6) is 0 Å². The van der Waals surface area contributed by atoms with Gasteiger partial charge in [0.05, 0.1) is 11.7 Å². The van der Waals surface area contributed by atoms with Gasteiger partial charge in [0.15, 0.2) is 5.69 Å². The van der Waals surface area contributed by atoms with Crippen LogP contribution < -0.4 is 25.4 Å². The highest BCUT2D eigenvalue weighted by molar-refractivity contribution is 7.90. The van der Waals surface area contributed by atoms with Gasteiger partial charge in [-0.2, -0.15) is 13.8 Å². The number of piperidine rings is 1. The minimum Gasteiger partial charge on any atom is -0.317 e. The van der Waals surface area contributed by atoms with Gasteiger partial charge in [-0.25, -0.2) is 0 Å². The Morgan fingerprint density at radius 3 is 2.13 bits per heavy atom. The molecule has 0 bridgehead atoms. The van der Waals surface area contributed by atoms with Gasteiger partial charge in [-0.1, -0.05) is 82.9 Å². The molecule has 5 rings (SSSR count). The number of amides is 1. The molecule has 1 fully saturated rings. The fraction of sp³-hybridized carbons (Fsp3) is 0.367. The summed E-state index contributed by atoms with van der Waals surface area (Å²) in [5.41, 5.74) is 6.55. The molecule has 0 saturated carbocycles. The highest BCUT2D eigenvalue weighted by Gasteiger charge is 2.60. The molecule has 2 unspecified atom stereocenters. The first kappa shape index (κ1) is 27.5. The Morgan fingerprint density at radius 2 is 1.49 bits per heavy atom. The second kappa shape index (κ2) is 11.6. The molecule has 2 atom stereocenters. The molecule has 2 aliphatic rings. The number of nitrogens with one attached hydrogen (secondary N) is 4. The molecule has 1 amide bonds. The first-order valence-electron chi connectivity index (χ1n) is 13.6. The van der Waals surface area contributed by atoms with Gasteiger partial charge >= 0.3 is 10.0 Å². The Labute approximate surface area is 231 Å². The summed E-state index contributed by atoms with van der Waals surface area (Å²) in [6.07, 6.45) is 2.87. The van der Waals surface area contributed by atoms with Gasteiger partial charge in [-0.3, -0.25) is 4.79 Å². The van der Waals surface area contributed by atoms with E-state index < -0.39 is 20.1 Å². The summed E-state index contributed by atoms with van der Waals surface area (Å²) in [4.78, 5) is 14.0. The van der Waals surface area contributed by atoms with Gasteiger partial charge in [0.1, 0.15) is 12.6 Å². The van der Waals surface area contributed by atoms with E-state index in [1.165, 1.54) is 6.26 Å². The van der Waals surface area contributed by atoms with Crippen LogP contribution in [-0.2, 0) is 33.3 Å². The van der Waals surface area contributed by atoms with Gasteiger partial charge in [0, 0.05) is 31.3 Å². The van der Waals surface area contributed by atoms with Crippen molar-refractivity contribution in [3.8, 4) is 0 Å². The van der Waals surface area contributed by atoms with Crippen molar-refractivity contribution in [3.63, 3.8) is 0 Å². The molecule has 1 saturated heterocycles. The van der Waals surface area contributed by atoms with Crippen LogP contribution in [0.1, 0.15) is 29.5 Å². The van der Waals surface area contributed by atoms with Crippen LogP contribution in [-0.4, -0.2) is 52.8 Å². The van der Waals surface area contributed by atoms with Crippen molar-refractivity contribution in [2.45, 2.75) is 37.4 Å². The Morgan fingerprint density at radius 1 is 0.897 bits per heavy atom. The Balaban J connectivity index is 1.42. The fourth-order valence-corrected chi connectivity index (χ4v) is 7.21. The molecule has 1 spiro atoms. The second-order valence-corrected chi connectivity index (χ2v) is 12.8. The topological polar surface area (TPSA) is 99.3 Å². The summed E-state index contributed by atoms with van der Waals surface area (Å²) in [5.74, 6) is -0.349. The van der Waals surface area contributed by atoms with Crippen LogP contribution in [0.4, 0.5) is 5.69 Å². The molecule has 3 aromatic rings. The number of benzene rings is 3. The third kappa shape index (κ3) is 5.78. The smallest absolute Gasteiger partial charge is 0.317 e. The number of fused-ring (bicyclic) bond motifs is 2. The van der Waals surface area contributed by atoms with E-state index in [-0.39, 0.29) is 11.3 Å². The lowest BCUT2D eigenvalue weighted by Gasteiger charge is -2.36. The molecule has 3 aromatic carbocycles. The SMILES string of the molecule is CS(=O)(=O)[N+]1(NC(=O)C(CNCc2ccccc2)NCc2ccccc2)CC2(CCNCC2)c2ccccc21. The lowest BCUT2D eigenvalue weighted by Crippen LogP contribution is -2.68. The number of quaternary nitrogens is 1. The number of rotatable bonds is 10. The number of para-hydroxylation sites is 1. The van der Waals surface area contributed by atoms with Crippen LogP contribution in [0.3, 0.4) is 0 Å². The number of sulfonamides is 1. The zero-order valence-corrected chi connectivity index (χ0v) is 23.2. The Bertz CT molecular complexity index is 1380. The fourth-order valence-electron chi connectivity index (χ4n) is 5.95. The molecule has 8 nitrogen and oxygen atoms in total. The highest BCUT2D eigenvalue weighted by atomic mass is 32.2. The van der Waals surface area contributed by atoms with Crippen LogP contribution >= 0.6 is 0 Å². The van der Waals surface area contributed by atoms with Gasteiger partial charge in [0.2, 0.25) is 0 Å². The normalized spacial score (nSPS) is 20.8. The standard InChI is InChI=1S/C30H37N5O3S/c1-39(37,38)35(23-30(16-18-31-19-17-30)26-14-8-9-15-28(26)35)34-29(36)27(33-21-25-12-6-3-7-13-25)22-32-20-24-10-4-2-5-11-24/h2-15,27,31-33H,16-23H2,1H3/p+1. The molecule has 39 heavy (non-hydrogen) atoms. The summed E-state index contributed by atoms with van der Waals surface area (Å²) in [7, 11) is -3.78. The molecule has 0 radical (unpaired) electrons. The molecule has 0 aromatic heterocycles. The minimum absolute atomic E-state index is 0.293. The van der Waals surface area contributed by atoms with E-state index in [1.54, 1.807) is 0 Å². The van der Waals surface area contributed by atoms with E-state index in [9.17, 15) is 13.2 Å². The summed E-state index contributed by atoms with van der Waals surface area (Å²) in [5, 5.41) is 10.2. The third-order valence-electron chi connectivity index (χ3n) is 8.04. The summed E-state index contributed by atoms with van der Waals surface area (Å²) < 4.78 is 26.6. The van der Waals surface area contributed by atoms with Gasteiger partial charge < -0.3 is 16.0 Å². The second-order valence-electron chi connectivity index (χ2n) is 10.7. The van der Waals surface area contributed by atoms with Crippen molar-refractivity contribution in [1.82, 2.24) is 25.4 Å². The monoisotopic (exact) mass is 548 g/mol. The maximum absolute atomic E-state index is 14.0. The van der Waals surface area contributed by atoms with E-state index in [1.807, 2.05) is 84.9 Å². The predicted molar refractivity (Wildman–Crippen MR) is 155 cm³/mol. The van der Waals surface area contributed by atoms with Crippen molar-refractivity contribution in [3.05, 3.63) is 102 Å². The quantitative estimate of drug-likeness (QED) is 0.291. The van der Waals surface area contributed by atoms with Crippen LogP contribution in [0.25, 0.3) is 0 Å². The van der Waals surface area contributed by atoms with Crippen molar-refractivity contribution in [2.24, 2.45) is 0 Å². The first-order chi connectivity index (χ1) is 18.8. The van der Waals surface area contributed by atoms with Gasteiger partial charge in [0.25, 0.3) is 5.91 Å². The molecule has 206 valence electrons. The zero-order valence-electron chi connectivity index (χ0n) is 22.4. The molecule has 0 aliphatic carbocycles.